The number of hydrogen-bond donors (Lipinski definition) is 0. The molecule has 0 spiro atoms. The normalized spacial score (nSPS) is 21.1. The summed E-state index contributed by atoms with van der Waals surface area (Å²) in [5.41, 5.74) is 0.622. The summed E-state index contributed by atoms with van der Waals surface area (Å²) in [7, 11) is -1.20. The van der Waals surface area contributed by atoms with E-state index in [1.165, 1.54) is 6.07 Å². The lowest BCUT2D eigenvalue weighted by molar-refractivity contribution is -0.134. The molecule has 1 heterocycles. The minimum Gasteiger partial charge on any atom is -0.345 e. The van der Waals surface area contributed by atoms with Crippen molar-refractivity contribution in [2.24, 2.45) is 11.8 Å². The van der Waals surface area contributed by atoms with Crippen molar-refractivity contribution in [1.82, 2.24) is 4.90 Å². The van der Waals surface area contributed by atoms with Crippen molar-refractivity contribution in [3.63, 3.8) is 0 Å². The number of amides is 1. The van der Waals surface area contributed by atoms with Gasteiger partial charge in [-0.2, -0.15) is 0 Å². The van der Waals surface area contributed by atoms with Gasteiger partial charge in [0.25, 0.3) is 0 Å². The maximum Gasteiger partial charge on any atom is 0.225 e. The Balaban J connectivity index is 1.83. The van der Waals surface area contributed by atoms with Crippen molar-refractivity contribution in [2.75, 3.05) is 25.1 Å². The van der Waals surface area contributed by atoms with E-state index in [0.717, 1.165) is 0 Å². The highest BCUT2D eigenvalue weighted by Crippen LogP contribution is 2.20. The fourth-order valence-corrected chi connectivity index (χ4v) is 4.92. The van der Waals surface area contributed by atoms with Crippen molar-refractivity contribution in [3.8, 4) is 0 Å². The Bertz CT molecular complexity index is 660. The van der Waals surface area contributed by atoms with Gasteiger partial charge in [0.15, 0.2) is 9.84 Å². The molecule has 128 valence electrons. The highest BCUT2D eigenvalue weighted by atomic mass is 32.2. The average Bonchev–Trinajstić information content (AvgIpc) is 2.84. The minimum absolute atomic E-state index is 0.00867. The molecule has 1 aliphatic rings. The first-order valence-electron chi connectivity index (χ1n) is 7.97. The number of nitrogens with zero attached hydrogens (tertiary/aromatic N) is 1. The topological polar surface area (TPSA) is 54.5 Å². The van der Waals surface area contributed by atoms with Gasteiger partial charge < -0.3 is 4.90 Å². The molecular formula is C17H24FNO3S. The van der Waals surface area contributed by atoms with Gasteiger partial charge in [-0.05, 0) is 36.8 Å². The minimum atomic E-state index is -2.92. The molecule has 1 saturated heterocycles. The van der Waals surface area contributed by atoms with Crippen LogP contribution in [0.15, 0.2) is 24.3 Å². The van der Waals surface area contributed by atoms with Gasteiger partial charge in [-0.15, -0.1) is 0 Å². The van der Waals surface area contributed by atoms with Crippen LogP contribution >= 0.6 is 0 Å². The number of carbonyl (C=O) groups excluding carboxylic acids is 1. The van der Waals surface area contributed by atoms with Crippen LogP contribution in [0, 0.1) is 17.7 Å². The number of benzene rings is 1. The van der Waals surface area contributed by atoms with Crippen LogP contribution in [0.1, 0.15) is 25.3 Å². The summed E-state index contributed by atoms with van der Waals surface area (Å²) in [5.74, 6) is -0.0239. The molecule has 4 nitrogen and oxygen atoms in total. The maximum atomic E-state index is 13.6. The second-order valence-corrected chi connectivity index (χ2v) is 8.75. The van der Waals surface area contributed by atoms with E-state index < -0.39 is 9.84 Å². The van der Waals surface area contributed by atoms with E-state index in [4.69, 9.17) is 0 Å². The second-order valence-electron chi connectivity index (χ2n) is 6.52. The summed E-state index contributed by atoms with van der Waals surface area (Å²) in [6.45, 7) is 2.31. The summed E-state index contributed by atoms with van der Waals surface area (Å²) in [5, 5.41) is 0. The Morgan fingerprint density at radius 3 is 2.70 bits per heavy atom. The Hall–Kier alpha value is -1.43. The van der Waals surface area contributed by atoms with E-state index in [-0.39, 0.29) is 35.1 Å². The van der Waals surface area contributed by atoms with E-state index in [1.807, 2.05) is 6.92 Å². The molecule has 1 amide bonds. The molecule has 6 heteroatoms. The van der Waals surface area contributed by atoms with Crippen LogP contribution in [-0.4, -0.2) is 44.3 Å². The number of hydrogen-bond acceptors (Lipinski definition) is 3. The molecular weight excluding hydrogens is 317 g/mol. The summed E-state index contributed by atoms with van der Waals surface area (Å²) in [4.78, 5) is 14.0. The molecule has 23 heavy (non-hydrogen) atoms. The molecule has 0 saturated carbocycles. The predicted octanol–water partition coefficient (Wildman–Crippen LogP) is 2.29. The zero-order valence-electron chi connectivity index (χ0n) is 13.7. The van der Waals surface area contributed by atoms with Crippen molar-refractivity contribution < 1.29 is 17.6 Å². The molecule has 1 aliphatic heterocycles. The molecule has 1 aromatic carbocycles. The van der Waals surface area contributed by atoms with Crippen LogP contribution in [0.4, 0.5) is 4.39 Å². The number of carbonyl (C=O) groups is 1. The SMILES string of the molecule is C[C@H](CCc1ccccc1F)C(=O)N(C)C[C@@H]1CCS(=O)(=O)C1. The molecule has 2 rings (SSSR count). The highest BCUT2D eigenvalue weighted by Gasteiger charge is 2.30. The zero-order valence-corrected chi connectivity index (χ0v) is 14.5. The highest BCUT2D eigenvalue weighted by molar-refractivity contribution is 7.91. The van der Waals surface area contributed by atoms with Crippen molar-refractivity contribution >= 4 is 15.7 Å². The molecule has 0 unspecified atom stereocenters. The van der Waals surface area contributed by atoms with Crippen LogP contribution in [0.25, 0.3) is 0 Å². The monoisotopic (exact) mass is 341 g/mol. The quantitative estimate of drug-likeness (QED) is 0.798. The van der Waals surface area contributed by atoms with Gasteiger partial charge in [0.05, 0.1) is 11.5 Å². The number of rotatable bonds is 6. The van der Waals surface area contributed by atoms with Gasteiger partial charge >= 0.3 is 0 Å². The van der Waals surface area contributed by atoms with E-state index >= 15 is 0 Å². The molecule has 2 atom stereocenters. The van der Waals surface area contributed by atoms with Crippen LogP contribution < -0.4 is 0 Å². The third-order valence-electron chi connectivity index (χ3n) is 4.46. The molecule has 0 radical (unpaired) electrons. The van der Waals surface area contributed by atoms with Crippen LogP contribution in [0.5, 0.6) is 0 Å². The smallest absolute Gasteiger partial charge is 0.225 e. The molecule has 0 aromatic heterocycles. The van der Waals surface area contributed by atoms with Gasteiger partial charge in [-0.1, -0.05) is 25.1 Å². The molecule has 1 fully saturated rings. The van der Waals surface area contributed by atoms with E-state index in [0.29, 0.717) is 31.4 Å². The maximum absolute atomic E-state index is 13.6. The first-order valence-corrected chi connectivity index (χ1v) is 9.79. The van der Waals surface area contributed by atoms with Gasteiger partial charge in [0, 0.05) is 19.5 Å². The largest absolute Gasteiger partial charge is 0.345 e. The molecule has 0 N–H and O–H groups in total. The summed E-state index contributed by atoms with van der Waals surface area (Å²) in [6, 6.07) is 6.60. The first-order chi connectivity index (χ1) is 10.8. The van der Waals surface area contributed by atoms with Crippen LogP contribution in [-0.2, 0) is 21.1 Å². The first kappa shape index (κ1) is 17.9. The Kier molecular flexibility index (Phi) is 5.79. The Morgan fingerprint density at radius 1 is 1.39 bits per heavy atom. The van der Waals surface area contributed by atoms with Gasteiger partial charge in [0.2, 0.25) is 5.91 Å². The second kappa shape index (κ2) is 7.43. The summed E-state index contributed by atoms with van der Waals surface area (Å²) >= 11 is 0. The van der Waals surface area contributed by atoms with Crippen LogP contribution in [0.2, 0.25) is 0 Å². The lowest BCUT2D eigenvalue weighted by atomic mass is 9.99. The van der Waals surface area contributed by atoms with E-state index in [1.54, 1.807) is 30.1 Å². The third-order valence-corrected chi connectivity index (χ3v) is 6.30. The van der Waals surface area contributed by atoms with Crippen molar-refractivity contribution in [1.29, 1.82) is 0 Å². The standard InChI is InChI=1S/C17H24FNO3S/c1-13(7-8-15-5-3-4-6-16(15)18)17(20)19(2)11-14-9-10-23(21,22)12-14/h3-6,13-14H,7-12H2,1-2H3/t13-,14+/m1/s1. The number of sulfone groups is 1. The fourth-order valence-electron chi connectivity index (χ4n) is 3.07. The summed E-state index contributed by atoms with van der Waals surface area (Å²) in [6.07, 6.45) is 1.72. The number of halogens is 1. The Morgan fingerprint density at radius 2 is 2.09 bits per heavy atom. The van der Waals surface area contributed by atoms with E-state index in [9.17, 15) is 17.6 Å². The predicted molar refractivity (Wildman–Crippen MR) is 88.3 cm³/mol. The third kappa shape index (κ3) is 5.03. The molecule has 0 aliphatic carbocycles. The fraction of sp³-hybridized carbons (Fsp3) is 0.588. The van der Waals surface area contributed by atoms with Crippen LogP contribution in [0.3, 0.4) is 0 Å². The molecule has 0 bridgehead atoms. The average molecular weight is 341 g/mol. The van der Waals surface area contributed by atoms with Crippen molar-refractivity contribution in [2.45, 2.75) is 26.2 Å². The van der Waals surface area contributed by atoms with Gasteiger partial charge in [-0.25, -0.2) is 12.8 Å². The number of aryl methyl sites for hydroxylation is 1. The molecule has 1 aromatic rings. The zero-order chi connectivity index (χ0) is 17.0. The van der Waals surface area contributed by atoms with Crippen molar-refractivity contribution in [3.05, 3.63) is 35.6 Å². The van der Waals surface area contributed by atoms with E-state index in [2.05, 4.69) is 0 Å². The van der Waals surface area contributed by atoms with Gasteiger partial charge in [-0.3, -0.25) is 4.79 Å². The Labute approximate surface area is 137 Å². The lowest BCUT2D eigenvalue weighted by Crippen LogP contribution is -2.36. The summed E-state index contributed by atoms with van der Waals surface area (Å²) < 4.78 is 36.5. The lowest BCUT2D eigenvalue weighted by Gasteiger charge is -2.24. The van der Waals surface area contributed by atoms with Gasteiger partial charge in [0.1, 0.15) is 5.82 Å².